The number of unbranched alkanes of at least 4 members (excludes halogenated alkanes) is 3. The van der Waals surface area contributed by atoms with E-state index < -0.39 is 0 Å². The first-order valence-electron chi connectivity index (χ1n) is 5.67. The lowest BCUT2D eigenvalue weighted by Crippen LogP contribution is -2.24. The number of nitrogens with one attached hydrogen (secondary N) is 1. The predicted octanol–water partition coefficient (Wildman–Crippen LogP) is 1.08. The van der Waals surface area contributed by atoms with Crippen LogP contribution in [0.15, 0.2) is 0 Å². The van der Waals surface area contributed by atoms with Crippen molar-refractivity contribution in [1.82, 2.24) is 5.32 Å². The number of carbonyl (C=O) groups is 1. The molecule has 0 aliphatic carbocycles. The zero-order valence-electron chi connectivity index (χ0n) is 9.63. The van der Waals surface area contributed by atoms with Crippen molar-refractivity contribution in [1.29, 1.82) is 0 Å². The molecular formula is C11H23NO3. The molecule has 0 rings (SSSR count). The maximum absolute atomic E-state index is 11.2. The summed E-state index contributed by atoms with van der Waals surface area (Å²) < 4.78 is 4.86. The van der Waals surface area contributed by atoms with E-state index in [4.69, 9.17) is 9.84 Å². The Balaban J connectivity index is 3.10. The van der Waals surface area contributed by atoms with Crippen molar-refractivity contribution in [3.8, 4) is 0 Å². The monoisotopic (exact) mass is 217 g/mol. The fraction of sp³-hybridized carbons (Fsp3) is 0.909. The number of aliphatic hydroxyl groups is 1. The number of aliphatic hydroxyl groups excluding tert-OH is 1. The van der Waals surface area contributed by atoms with Gasteiger partial charge in [-0.05, 0) is 19.3 Å². The van der Waals surface area contributed by atoms with Gasteiger partial charge in [-0.2, -0.15) is 0 Å². The van der Waals surface area contributed by atoms with Crippen LogP contribution in [0.2, 0.25) is 0 Å². The summed E-state index contributed by atoms with van der Waals surface area (Å²) >= 11 is 0. The number of carbonyl (C=O) groups excluding carboxylic acids is 1. The first kappa shape index (κ1) is 14.4. The Labute approximate surface area is 92.0 Å². The van der Waals surface area contributed by atoms with Gasteiger partial charge in [-0.1, -0.05) is 12.8 Å². The first-order valence-corrected chi connectivity index (χ1v) is 5.67. The van der Waals surface area contributed by atoms with Gasteiger partial charge in [0.25, 0.3) is 0 Å². The minimum absolute atomic E-state index is 0.106. The molecule has 0 aliphatic heterocycles. The third-order valence-corrected chi connectivity index (χ3v) is 2.16. The summed E-state index contributed by atoms with van der Waals surface area (Å²) in [5.41, 5.74) is 0. The lowest BCUT2D eigenvalue weighted by molar-refractivity contribution is -0.121. The van der Waals surface area contributed by atoms with Crippen molar-refractivity contribution in [2.75, 3.05) is 26.9 Å². The van der Waals surface area contributed by atoms with E-state index >= 15 is 0 Å². The lowest BCUT2D eigenvalue weighted by atomic mass is 10.2. The standard InChI is InChI=1S/C11H23NO3/c1-15-10-6-7-11(14)12-8-4-2-3-5-9-13/h13H,2-10H2,1H3,(H,12,14). The highest BCUT2D eigenvalue weighted by Crippen LogP contribution is 1.97. The third-order valence-electron chi connectivity index (χ3n) is 2.16. The molecule has 15 heavy (non-hydrogen) atoms. The highest BCUT2D eigenvalue weighted by molar-refractivity contribution is 5.75. The molecule has 0 spiro atoms. The molecule has 0 saturated heterocycles. The fourth-order valence-corrected chi connectivity index (χ4v) is 1.28. The predicted molar refractivity (Wildman–Crippen MR) is 59.7 cm³/mol. The summed E-state index contributed by atoms with van der Waals surface area (Å²) in [5, 5.41) is 11.4. The Morgan fingerprint density at radius 1 is 1.20 bits per heavy atom. The zero-order valence-corrected chi connectivity index (χ0v) is 9.63. The molecule has 4 nitrogen and oxygen atoms in total. The number of hydrogen-bond donors (Lipinski definition) is 2. The van der Waals surface area contributed by atoms with Crippen LogP contribution in [-0.4, -0.2) is 37.9 Å². The van der Waals surface area contributed by atoms with Crippen LogP contribution in [-0.2, 0) is 9.53 Å². The molecule has 0 fully saturated rings. The lowest BCUT2D eigenvalue weighted by Gasteiger charge is -2.04. The van der Waals surface area contributed by atoms with E-state index in [9.17, 15) is 4.79 Å². The Hall–Kier alpha value is -0.610. The number of amides is 1. The summed E-state index contributed by atoms with van der Waals surface area (Å²) in [7, 11) is 1.64. The van der Waals surface area contributed by atoms with Gasteiger partial charge in [-0.15, -0.1) is 0 Å². The van der Waals surface area contributed by atoms with Crippen LogP contribution < -0.4 is 5.32 Å². The average molecular weight is 217 g/mol. The van der Waals surface area contributed by atoms with Gasteiger partial charge in [-0.3, -0.25) is 4.79 Å². The van der Waals surface area contributed by atoms with Crippen LogP contribution in [0.4, 0.5) is 0 Å². The topological polar surface area (TPSA) is 58.6 Å². The maximum Gasteiger partial charge on any atom is 0.220 e. The van der Waals surface area contributed by atoms with E-state index in [1.165, 1.54) is 0 Å². The molecule has 0 saturated carbocycles. The Morgan fingerprint density at radius 2 is 1.93 bits per heavy atom. The van der Waals surface area contributed by atoms with Crippen molar-refractivity contribution in [3.05, 3.63) is 0 Å². The zero-order chi connectivity index (χ0) is 11.4. The van der Waals surface area contributed by atoms with Gasteiger partial charge in [0.15, 0.2) is 0 Å². The second-order valence-corrected chi connectivity index (χ2v) is 3.58. The molecule has 0 aromatic heterocycles. The largest absolute Gasteiger partial charge is 0.396 e. The van der Waals surface area contributed by atoms with E-state index in [0.717, 1.165) is 38.6 Å². The molecule has 90 valence electrons. The molecule has 0 aliphatic rings. The molecule has 1 amide bonds. The average Bonchev–Trinajstić information content (AvgIpc) is 2.23. The van der Waals surface area contributed by atoms with Crippen LogP contribution in [0.5, 0.6) is 0 Å². The van der Waals surface area contributed by atoms with Gasteiger partial charge >= 0.3 is 0 Å². The second kappa shape index (κ2) is 11.5. The summed E-state index contributed by atoms with van der Waals surface area (Å²) in [6, 6.07) is 0. The van der Waals surface area contributed by atoms with Gasteiger partial charge in [0.2, 0.25) is 5.91 Å². The van der Waals surface area contributed by atoms with E-state index in [1.54, 1.807) is 7.11 Å². The number of rotatable bonds is 10. The summed E-state index contributed by atoms with van der Waals surface area (Å²) in [4.78, 5) is 11.2. The Kier molecular flexibility index (Phi) is 11.0. The quantitative estimate of drug-likeness (QED) is 0.538. The highest BCUT2D eigenvalue weighted by Gasteiger charge is 1.99. The van der Waals surface area contributed by atoms with E-state index in [2.05, 4.69) is 5.32 Å². The van der Waals surface area contributed by atoms with E-state index in [1.807, 2.05) is 0 Å². The Morgan fingerprint density at radius 3 is 2.60 bits per heavy atom. The maximum atomic E-state index is 11.2. The van der Waals surface area contributed by atoms with Gasteiger partial charge in [0.1, 0.15) is 0 Å². The van der Waals surface area contributed by atoms with Gasteiger partial charge < -0.3 is 15.2 Å². The van der Waals surface area contributed by atoms with Crippen LogP contribution in [0.25, 0.3) is 0 Å². The van der Waals surface area contributed by atoms with Gasteiger partial charge in [-0.25, -0.2) is 0 Å². The molecular weight excluding hydrogens is 194 g/mol. The van der Waals surface area contributed by atoms with Crippen LogP contribution in [0.3, 0.4) is 0 Å². The molecule has 0 radical (unpaired) electrons. The third kappa shape index (κ3) is 11.3. The first-order chi connectivity index (χ1) is 7.31. The van der Waals surface area contributed by atoms with Crippen LogP contribution >= 0.6 is 0 Å². The molecule has 2 N–H and O–H groups in total. The van der Waals surface area contributed by atoms with Crippen molar-refractivity contribution < 1.29 is 14.6 Å². The van der Waals surface area contributed by atoms with Crippen LogP contribution in [0.1, 0.15) is 38.5 Å². The van der Waals surface area contributed by atoms with E-state index in [0.29, 0.717) is 13.0 Å². The van der Waals surface area contributed by atoms with Crippen molar-refractivity contribution in [2.45, 2.75) is 38.5 Å². The van der Waals surface area contributed by atoms with Crippen LogP contribution in [0, 0.1) is 0 Å². The fourth-order valence-electron chi connectivity index (χ4n) is 1.28. The summed E-state index contributed by atoms with van der Waals surface area (Å²) in [6.45, 7) is 1.66. The number of ether oxygens (including phenoxy) is 1. The molecule has 0 heterocycles. The molecule has 0 bridgehead atoms. The van der Waals surface area contributed by atoms with Gasteiger partial charge in [0.05, 0.1) is 0 Å². The normalized spacial score (nSPS) is 10.3. The SMILES string of the molecule is COCCCC(=O)NCCCCCCO. The minimum Gasteiger partial charge on any atom is -0.396 e. The minimum atomic E-state index is 0.106. The van der Waals surface area contributed by atoms with Crippen molar-refractivity contribution in [2.24, 2.45) is 0 Å². The van der Waals surface area contributed by atoms with Crippen molar-refractivity contribution >= 4 is 5.91 Å². The molecule has 0 unspecified atom stereocenters. The molecule has 4 heteroatoms. The second-order valence-electron chi connectivity index (χ2n) is 3.58. The van der Waals surface area contributed by atoms with E-state index in [-0.39, 0.29) is 12.5 Å². The summed E-state index contributed by atoms with van der Waals surface area (Å²) in [5.74, 6) is 0.106. The summed E-state index contributed by atoms with van der Waals surface area (Å²) in [6.07, 6.45) is 5.30. The van der Waals surface area contributed by atoms with Gasteiger partial charge in [0, 0.05) is 33.3 Å². The molecule has 0 aromatic rings. The number of methoxy groups -OCH3 is 1. The molecule has 0 aromatic carbocycles. The highest BCUT2D eigenvalue weighted by atomic mass is 16.5. The number of hydrogen-bond acceptors (Lipinski definition) is 3. The molecule has 0 atom stereocenters. The smallest absolute Gasteiger partial charge is 0.220 e. The van der Waals surface area contributed by atoms with Crippen molar-refractivity contribution in [3.63, 3.8) is 0 Å². The Bertz CT molecular complexity index is 151.